The molecule has 29 heavy (non-hydrogen) atoms. The van der Waals surface area contributed by atoms with Crippen LogP contribution < -0.4 is 14.8 Å². The van der Waals surface area contributed by atoms with E-state index in [9.17, 15) is 8.78 Å². The highest BCUT2D eigenvalue weighted by Gasteiger charge is 2.18. The van der Waals surface area contributed by atoms with Gasteiger partial charge in [0, 0.05) is 17.2 Å². The van der Waals surface area contributed by atoms with Crippen molar-refractivity contribution in [1.82, 2.24) is 14.6 Å². The first kappa shape index (κ1) is 19.1. The topological polar surface area (TPSA) is 60.7 Å². The Morgan fingerprint density at radius 3 is 2.41 bits per heavy atom. The van der Waals surface area contributed by atoms with Crippen molar-refractivity contribution >= 4 is 21.4 Å². The highest BCUT2D eigenvalue weighted by molar-refractivity contribution is 7.20. The Morgan fingerprint density at radius 1 is 1.07 bits per heavy atom. The van der Waals surface area contributed by atoms with Crippen LogP contribution in [0, 0.1) is 11.6 Å². The summed E-state index contributed by atoms with van der Waals surface area (Å²) in [7, 11) is 2.97. The third-order valence-electron chi connectivity index (χ3n) is 4.49. The minimum absolute atomic E-state index is 0.296. The Balaban J connectivity index is 1.56. The molecule has 4 aromatic rings. The lowest BCUT2D eigenvalue weighted by Gasteiger charge is -2.16. The maximum Gasteiger partial charge on any atom is 0.214 e. The molecule has 0 spiro atoms. The van der Waals surface area contributed by atoms with E-state index in [2.05, 4.69) is 15.4 Å². The molecule has 2 aromatic carbocycles. The van der Waals surface area contributed by atoms with E-state index in [4.69, 9.17) is 9.47 Å². The fourth-order valence-electron chi connectivity index (χ4n) is 2.98. The molecule has 1 N–H and O–H groups in total. The molecule has 2 aromatic heterocycles. The van der Waals surface area contributed by atoms with E-state index in [-0.39, 0.29) is 11.9 Å². The van der Waals surface area contributed by atoms with Gasteiger partial charge in [0.1, 0.15) is 11.6 Å². The average Bonchev–Trinajstić information content (AvgIpc) is 3.26. The molecule has 1 unspecified atom stereocenters. The molecular weight excluding hydrogens is 398 g/mol. The van der Waals surface area contributed by atoms with Gasteiger partial charge in [0.15, 0.2) is 11.5 Å². The van der Waals surface area contributed by atoms with Crippen molar-refractivity contribution in [3.05, 3.63) is 59.8 Å². The second-order valence-corrected chi connectivity index (χ2v) is 7.32. The van der Waals surface area contributed by atoms with Crippen molar-refractivity contribution in [1.29, 1.82) is 0 Å². The van der Waals surface area contributed by atoms with Crippen molar-refractivity contribution in [2.45, 2.75) is 13.0 Å². The monoisotopic (exact) mass is 416 g/mol. The summed E-state index contributed by atoms with van der Waals surface area (Å²) in [5, 5.41) is 8.24. The smallest absolute Gasteiger partial charge is 0.214 e. The Bertz CT molecular complexity index is 1130. The van der Waals surface area contributed by atoms with Crippen molar-refractivity contribution in [3.8, 4) is 22.8 Å². The molecule has 9 heteroatoms. The number of rotatable bonds is 6. The predicted molar refractivity (Wildman–Crippen MR) is 108 cm³/mol. The lowest BCUT2D eigenvalue weighted by Crippen LogP contribution is -2.09. The van der Waals surface area contributed by atoms with Gasteiger partial charge in [-0.05, 0) is 37.3 Å². The van der Waals surface area contributed by atoms with Gasteiger partial charge in [0.2, 0.25) is 10.1 Å². The normalized spacial score (nSPS) is 12.2. The minimum Gasteiger partial charge on any atom is -0.493 e. The maximum absolute atomic E-state index is 14.5. The fraction of sp³-hybridized carbons (Fsp3) is 0.200. The van der Waals surface area contributed by atoms with E-state index in [1.807, 2.05) is 6.92 Å². The van der Waals surface area contributed by atoms with Gasteiger partial charge < -0.3 is 14.8 Å². The molecule has 2 heterocycles. The number of methoxy groups -OCH3 is 2. The SMILES string of the molecule is COc1cc(F)c(C(C)Nc2nn3cc(-c4ccc(F)cc4)nc3s2)cc1OC. The number of nitrogens with one attached hydrogen (secondary N) is 1. The van der Waals surface area contributed by atoms with Crippen molar-refractivity contribution in [2.24, 2.45) is 0 Å². The summed E-state index contributed by atoms with van der Waals surface area (Å²) in [6.45, 7) is 1.83. The zero-order valence-electron chi connectivity index (χ0n) is 15.9. The number of anilines is 1. The molecule has 150 valence electrons. The van der Waals surface area contributed by atoms with Gasteiger partial charge in [0.05, 0.1) is 32.2 Å². The second-order valence-electron chi connectivity index (χ2n) is 6.36. The number of fused-ring (bicyclic) bond motifs is 1. The Labute approximate surface area is 169 Å². The van der Waals surface area contributed by atoms with Gasteiger partial charge >= 0.3 is 0 Å². The third kappa shape index (κ3) is 3.73. The zero-order chi connectivity index (χ0) is 20.5. The van der Waals surface area contributed by atoms with Crippen LogP contribution in [-0.4, -0.2) is 28.8 Å². The molecule has 0 radical (unpaired) electrons. The third-order valence-corrected chi connectivity index (χ3v) is 5.35. The second kappa shape index (κ2) is 7.67. The predicted octanol–water partition coefficient (Wildman–Crippen LogP) is 4.93. The van der Waals surface area contributed by atoms with Crippen LogP contribution >= 0.6 is 11.3 Å². The lowest BCUT2D eigenvalue weighted by molar-refractivity contribution is 0.351. The fourth-order valence-corrected chi connectivity index (χ4v) is 3.85. The number of ether oxygens (including phenoxy) is 2. The summed E-state index contributed by atoms with van der Waals surface area (Å²) in [5.74, 6) is 0.0933. The molecule has 0 aliphatic carbocycles. The summed E-state index contributed by atoms with van der Waals surface area (Å²) in [4.78, 5) is 5.20. The van der Waals surface area contributed by atoms with E-state index in [0.717, 1.165) is 5.56 Å². The van der Waals surface area contributed by atoms with Crippen molar-refractivity contribution in [3.63, 3.8) is 0 Å². The van der Waals surface area contributed by atoms with Crippen LogP contribution in [0.25, 0.3) is 16.2 Å². The number of imidazole rings is 1. The first-order valence-electron chi connectivity index (χ1n) is 8.78. The molecule has 0 bridgehead atoms. The van der Waals surface area contributed by atoms with Gasteiger partial charge in [0.25, 0.3) is 0 Å². The number of hydrogen-bond donors (Lipinski definition) is 1. The molecule has 6 nitrogen and oxygen atoms in total. The van der Waals surface area contributed by atoms with E-state index < -0.39 is 5.82 Å². The van der Waals surface area contributed by atoms with Crippen LogP contribution in [0.2, 0.25) is 0 Å². The van der Waals surface area contributed by atoms with Crippen molar-refractivity contribution in [2.75, 3.05) is 19.5 Å². The van der Waals surface area contributed by atoms with Crippen LogP contribution in [0.4, 0.5) is 13.9 Å². The molecule has 0 aliphatic heterocycles. The van der Waals surface area contributed by atoms with E-state index in [0.29, 0.717) is 32.8 Å². The Morgan fingerprint density at radius 2 is 1.76 bits per heavy atom. The van der Waals surface area contributed by atoms with Crippen LogP contribution in [0.15, 0.2) is 42.6 Å². The maximum atomic E-state index is 14.5. The van der Waals surface area contributed by atoms with Gasteiger partial charge in [-0.1, -0.05) is 11.3 Å². The standard InChI is InChI=1S/C20H18F2N4O2S/c1-11(14-8-17(27-2)18(28-3)9-15(14)22)23-19-25-26-10-16(24-20(26)29-19)12-4-6-13(21)7-5-12/h4-11H,1-3H3,(H,23,25). The van der Waals surface area contributed by atoms with Gasteiger partial charge in [-0.3, -0.25) is 0 Å². The largest absolute Gasteiger partial charge is 0.493 e. The zero-order valence-corrected chi connectivity index (χ0v) is 16.8. The lowest BCUT2D eigenvalue weighted by atomic mass is 10.1. The number of hydrogen-bond acceptors (Lipinski definition) is 6. The summed E-state index contributed by atoms with van der Waals surface area (Å²) >= 11 is 1.34. The summed E-state index contributed by atoms with van der Waals surface area (Å²) < 4.78 is 39.6. The van der Waals surface area contributed by atoms with E-state index in [1.165, 1.54) is 43.8 Å². The van der Waals surface area contributed by atoms with Gasteiger partial charge in [-0.15, -0.1) is 5.10 Å². The first-order valence-corrected chi connectivity index (χ1v) is 9.60. The Hall–Kier alpha value is -3.20. The summed E-state index contributed by atoms with van der Waals surface area (Å²) in [5.41, 5.74) is 1.94. The highest BCUT2D eigenvalue weighted by Crippen LogP contribution is 2.34. The molecular formula is C20H18F2N4O2S. The van der Waals surface area contributed by atoms with Crippen LogP contribution in [0.5, 0.6) is 11.5 Å². The number of nitrogens with zero attached hydrogens (tertiary/aromatic N) is 3. The molecule has 0 amide bonds. The summed E-state index contributed by atoms with van der Waals surface area (Å²) in [6, 6.07) is 8.67. The number of halogens is 2. The van der Waals surface area contributed by atoms with Gasteiger partial charge in [-0.25, -0.2) is 18.3 Å². The van der Waals surface area contributed by atoms with Crippen LogP contribution in [0.3, 0.4) is 0 Å². The molecule has 0 saturated heterocycles. The quantitative estimate of drug-likeness (QED) is 0.483. The summed E-state index contributed by atoms with van der Waals surface area (Å²) in [6.07, 6.45) is 1.77. The molecule has 0 aliphatic rings. The molecule has 1 atom stereocenters. The highest BCUT2D eigenvalue weighted by atomic mass is 32.1. The van der Waals surface area contributed by atoms with E-state index >= 15 is 0 Å². The number of benzene rings is 2. The molecule has 4 rings (SSSR count). The van der Waals surface area contributed by atoms with Crippen LogP contribution in [-0.2, 0) is 0 Å². The van der Waals surface area contributed by atoms with Crippen LogP contribution in [0.1, 0.15) is 18.5 Å². The average molecular weight is 416 g/mol. The molecule has 0 saturated carbocycles. The first-order chi connectivity index (χ1) is 14.0. The number of aromatic nitrogens is 3. The van der Waals surface area contributed by atoms with Gasteiger partial charge in [-0.2, -0.15) is 0 Å². The molecule has 0 fully saturated rings. The Kier molecular flexibility index (Phi) is 5.06. The van der Waals surface area contributed by atoms with E-state index in [1.54, 1.807) is 28.9 Å². The minimum atomic E-state index is -0.400. The van der Waals surface area contributed by atoms with Crippen molar-refractivity contribution < 1.29 is 18.3 Å².